The third-order valence-electron chi connectivity index (χ3n) is 2.50. The summed E-state index contributed by atoms with van der Waals surface area (Å²) in [5.41, 5.74) is 2.29. The van der Waals surface area contributed by atoms with Gasteiger partial charge in [-0.1, -0.05) is 51.8 Å². The molecule has 2 rings (SSSR count). The number of halogens is 2. The zero-order chi connectivity index (χ0) is 12.1. The molecule has 0 heterocycles. The lowest BCUT2D eigenvalue weighted by atomic mass is 10.2. The van der Waals surface area contributed by atoms with Crippen LogP contribution in [0, 0.1) is 0 Å². The van der Waals surface area contributed by atoms with E-state index in [1.165, 1.54) is 5.69 Å². The number of nitrogens with zero attached hydrogens (tertiary/aromatic N) is 1. The molecule has 0 aliphatic heterocycles. The monoisotopic (exact) mass is 309 g/mol. The smallest absolute Gasteiger partial charge is 0.0426 e. The molecule has 0 amide bonds. The molecule has 0 saturated carbocycles. The van der Waals surface area contributed by atoms with Crippen molar-refractivity contribution >= 4 is 38.9 Å². The molecular formula is C14H13BrClN. The highest BCUT2D eigenvalue weighted by atomic mass is 79.9. The summed E-state index contributed by atoms with van der Waals surface area (Å²) in [6.45, 7) is 0.907. The second kappa shape index (κ2) is 6.08. The van der Waals surface area contributed by atoms with Gasteiger partial charge in [0.2, 0.25) is 0 Å². The highest BCUT2D eigenvalue weighted by Crippen LogP contribution is 2.27. The van der Waals surface area contributed by atoms with Crippen molar-refractivity contribution in [3.8, 4) is 0 Å². The van der Waals surface area contributed by atoms with Crippen molar-refractivity contribution in [1.82, 2.24) is 0 Å². The van der Waals surface area contributed by atoms with Crippen LogP contribution in [-0.2, 0) is 0 Å². The van der Waals surface area contributed by atoms with E-state index >= 15 is 0 Å². The number of anilines is 2. The van der Waals surface area contributed by atoms with E-state index in [4.69, 9.17) is 11.6 Å². The third-order valence-corrected chi connectivity index (χ3v) is 3.09. The molecule has 0 aliphatic carbocycles. The predicted octanol–water partition coefficient (Wildman–Crippen LogP) is 4.87. The molecule has 88 valence electrons. The first-order valence-corrected chi connectivity index (χ1v) is 6.95. The van der Waals surface area contributed by atoms with E-state index in [1.807, 2.05) is 36.4 Å². The molecule has 0 atom stereocenters. The number of para-hydroxylation sites is 1. The van der Waals surface area contributed by atoms with E-state index in [1.54, 1.807) is 0 Å². The Morgan fingerprint density at radius 2 is 1.65 bits per heavy atom. The summed E-state index contributed by atoms with van der Waals surface area (Å²) < 4.78 is 0. The number of rotatable bonds is 4. The van der Waals surface area contributed by atoms with Crippen LogP contribution in [0.1, 0.15) is 0 Å². The molecule has 0 unspecified atom stereocenters. The Morgan fingerprint density at radius 1 is 0.941 bits per heavy atom. The van der Waals surface area contributed by atoms with Gasteiger partial charge < -0.3 is 4.90 Å². The lowest BCUT2D eigenvalue weighted by Gasteiger charge is -2.24. The SMILES string of the molecule is Clc1cccc(N(CCBr)c2ccccc2)c1. The zero-order valence-corrected chi connectivity index (χ0v) is 11.7. The summed E-state index contributed by atoms with van der Waals surface area (Å²) in [6, 6.07) is 18.2. The molecule has 2 aromatic rings. The average molecular weight is 311 g/mol. The van der Waals surface area contributed by atoms with Crippen molar-refractivity contribution in [3.63, 3.8) is 0 Å². The van der Waals surface area contributed by atoms with Gasteiger partial charge in [-0.3, -0.25) is 0 Å². The number of benzene rings is 2. The van der Waals surface area contributed by atoms with Crippen molar-refractivity contribution in [1.29, 1.82) is 0 Å². The molecule has 2 aromatic carbocycles. The maximum Gasteiger partial charge on any atom is 0.0426 e. The topological polar surface area (TPSA) is 3.24 Å². The van der Waals surface area contributed by atoms with Crippen molar-refractivity contribution in [3.05, 3.63) is 59.6 Å². The molecule has 0 radical (unpaired) electrons. The summed E-state index contributed by atoms with van der Waals surface area (Å²) in [5.74, 6) is 0. The van der Waals surface area contributed by atoms with Gasteiger partial charge in [0.15, 0.2) is 0 Å². The Bertz CT molecular complexity index is 473. The summed E-state index contributed by atoms with van der Waals surface area (Å²) in [7, 11) is 0. The first kappa shape index (κ1) is 12.5. The van der Waals surface area contributed by atoms with Crippen LogP contribution < -0.4 is 4.90 Å². The Morgan fingerprint density at radius 3 is 2.29 bits per heavy atom. The second-order valence-electron chi connectivity index (χ2n) is 3.66. The molecule has 0 fully saturated rings. The molecule has 0 bridgehead atoms. The summed E-state index contributed by atoms with van der Waals surface area (Å²) in [5, 5.41) is 1.67. The molecule has 1 nitrogen and oxygen atoms in total. The highest BCUT2D eigenvalue weighted by molar-refractivity contribution is 9.09. The van der Waals surface area contributed by atoms with Gasteiger partial charge in [-0.25, -0.2) is 0 Å². The minimum atomic E-state index is 0.762. The van der Waals surface area contributed by atoms with Gasteiger partial charge in [0.1, 0.15) is 0 Å². The Kier molecular flexibility index (Phi) is 4.46. The molecular weight excluding hydrogens is 298 g/mol. The molecule has 17 heavy (non-hydrogen) atoms. The van der Waals surface area contributed by atoms with Crippen LogP contribution >= 0.6 is 27.5 Å². The zero-order valence-electron chi connectivity index (χ0n) is 9.31. The second-order valence-corrected chi connectivity index (χ2v) is 4.89. The van der Waals surface area contributed by atoms with E-state index in [0.29, 0.717) is 0 Å². The molecule has 0 saturated heterocycles. The normalized spacial score (nSPS) is 10.2. The van der Waals surface area contributed by atoms with Gasteiger partial charge in [-0.2, -0.15) is 0 Å². The highest BCUT2D eigenvalue weighted by Gasteiger charge is 2.08. The van der Waals surface area contributed by atoms with Gasteiger partial charge in [0.25, 0.3) is 0 Å². The molecule has 0 N–H and O–H groups in total. The van der Waals surface area contributed by atoms with E-state index in [-0.39, 0.29) is 0 Å². The fourth-order valence-electron chi connectivity index (χ4n) is 1.74. The van der Waals surface area contributed by atoms with Crippen LogP contribution in [0.3, 0.4) is 0 Å². The third kappa shape index (κ3) is 3.24. The Balaban J connectivity index is 2.35. The minimum absolute atomic E-state index is 0.762. The minimum Gasteiger partial charge on any atom is -0.341 e. The number of hydrogen-bond acceptors (Lipinski definition) is 1. The van der Waals surface area contributed by atoms with Crippen LogP contribution in [0.4, 0.5) is 11.4 Å². The van der Waals surface area contributed by atoms with Gasteiger partial charge in [0, 0.05) is 28.3 Å². The number of hydrogen-bond donors (Lipinski definition) is 0. The Labute approximate surface area is 115 Å². The van der Waals surface area contributed by atoms with Crippen LogP contribution in [0.15, 0.2) is 54.6 Å². The van der Waals surface area contributed by atoms with E-state index in [9.17, 15) is 0 Å². The lowest BCUT2D eigenvalue weighted by molar-refractivity contribution is 1.04. The van der Waals surface area contributed by atoms with Crippen LogP contribution in [0.25, 0.3) is 0 Å². The van der Waals surface area contributed by atoms with Gasteiger partial charge >= 0.3 is 0 Å². The van der Waals surface area contributed by atoms with Crippen molar-refractivity contribution in [2.45, 2.75) is 0 Å². The van der Waals surface area contributed by atoms with Crippen LogP contribution in [0.5, 0.6) is 0 Å². The fourth-order valence-corrected chi connectivity index (χ4v) is 2.28. The summed E-state index contributed by atoms with van der Waals surface area (Å²) in [4.78, 5) is 2.24. The summed E-state index contributed by atoms with van der Waals surface area (Å²) in [6.07, 6.45) is 0. The fraction of sp³-hybridized carbons (Fsp3) is 0.143. The molecule has 0 aromatic heterocycles. The Hall–Kier alpha value is -0.990. The number of alkyl halides is 1. The first-order valence-electron chi connectivity index (χ1n) is 5.45. The van der Waals surface area contributed by atoms with Gasteiger partial charge in [0.05, 0.1) is 0 Å². The standard InChI is InChI=1S/C14H13BrClN/c15-9-10-17(13-6-2-1-3-7-13)14-8-4-5-12(16)11-14/h1-8,11H,9-10H2. The maximum absolute atomic E-state index is 6.04. The average Bonchev–Trinajstić information content (AvgIpc) is 2.37. The molecule has 3 heteroatoms. The summed E-state index contributed by atoms with van der Waals surface area (Å²) >= 11 is 9.53. The van der Waals surface area contributed by atoms with Crippen molar-refractivity contribution < 1.29 is 0 Å². The van der Waals surface area contributed by atoms with Gasteiger partial charge in [-0.05, 0) is 30.3 Å². The lowest BCUT2D eigenvalue weighted by Crippen LogP contribution is -2.19. The van der Waals surface area contributed by atoms with Gasteiger partial charge in [-0.15, -0.1) is 0 Å². The maximum atomic E-state index is 6.04. The van der Waals surface area contributed by atoms with E-state index in [0.717, 1.165) is 22.6 Å². The largest absolute Gasteiger partial charge is 0.341 e. The van der Waals surface area contributed by atoms with Crippen LogP contribution in [-0.4, -0.2) is 11.9 Å². The van der Waals surface area contributed by atoms with E-state index < -0.39 is 0 Å². The first-order chi connectivity index (χ1) is 8.31. The van der Waals surface area contributed by atoms with E-state index in [2.05, 4.69) is 39.0 Å². The predicted molar refractivity (Wildman–Crippen MR) is 78.7 cm³/mol. The van der Waals surface area contributed by atoms with Crippen LogP contribution in [0.2, 0.25) is 5.02 Å². The molecule has 0 spiro atoms. The molecule has 0 aliphatic rings. The van der Waals surface area contributed by atoms with Crippen molar-refractivity contribution in [2.75, 3.05) is 16.8 Å². The quantitative estimate of drug-likeness (QED) is 0.728. The van der Waals surface area contributed by atoms with Crippen molar-refractivity contribution in [2.24, 2.45) is 0 Å².